The molecule has 0 unspecified atom stereocenters. The average molecular weight is 420 g/mol. The van der Waals surface area contributed by atoms with Gasteiger partial charge in [0.2, 0.25) is 0 Å². The van der Waals surface area contributed by atoms with E-state index in [1.54, 1.807) is 17.0 Å². The number of hydrogen-bond acceptors (Lipinski definition) is 5. The molecule has 2 aromatic heterocycles. The number of rotatable bonds is 2. The molecule has 3 heterocycles. The van der Waals surface area contributed by atoms with Gasteiger partial charge in [-0.05, 0) is 71.6 Å². The second-order valence-electron chi connectivity index (χ2n) is 9.99. The number of hydrogen-bond donors (Lipinski definition) is 0. The van der Waals surface area contributed by atoms with Crippen molar-refractivity contribution in [2.24, 2.45) is 0 Å². The molecule has 162 valence electrons. The zero-order chi connectivity index (χ0) is 22.6. The first kappa shape index (κ1) is 21.6. The standard InChI is InChI=1S/C24H29BN2O4/c1-22(2,3)29-21(28)27-19(14-17-12-13-26-15-20(17)27)16-8-10-18(11-9-16)25-30-23(4,5)24(6,7)31-25/h8-15H,1-7H3. The number of pyridine rings is 1. The number of carbonyl (C=O) groups excluding carboxylic acids is 1. The van der Waals surface area contributed by atoms with Gasteiger partial charge in [0.25, 0.3) is 0 Å². The van der Waals surface area contributed by atoms with Crippen molar-refractivity contribution in [3.63, 3.8) is 0 Å². The Morgan fingerprint density at radius 3 is 2.23 bits per heavy atom. The molecule has 0 amide bonds. The van der Waals surface area contributed by atoms with Gasteiger partial charge in [-0.2, -0.15) is 0 Å². The quantitative estimate of drug-likeness (QED) is 0.558. The Morgan fingerprint density at radius 1 is 1.03 bits per heavy atom. The molecule has 0 spiro atoms. The maximum atomic E-state index is 13.0. The lowest BCUT2D eigenvalue weighted by Crippen LogP contribution is -2.41. The highest BCUT2D eigenvalue weighted by molar-refractivity contribution is 6.62. The minimum atomic E-state index is -0.603. The lowest BCUT2D eigenvalue weighted by molar-refractivity contribution is 0.00578. The average Bonchev–Trinajstić information content (AvgIpc) is 3.15. The summed E-state index contributed by atoms with van der Waals surface area (Å²) in [5.41, 5.74) is 1.89. The summed E-state index contributed by atoms with van der Waals surface area (Å²) in [6, 6.07) is 11.8. The molecule has 4 rings (SSSR count). The fourth-order valence-electron chi connectivity index (χ4n) is 3.55. The number of nitrogens with zero attached hydrogens (tertiary/aromatic N) is 2. The molecule has 0 saturated carbocycles. The Balaban J connectivity index is 1.71. The second-order valence-corrected chi connectivity index (χ2v) is 9.99. The molecule has 1 aliphatic rings. The molecule has 0 aliphatic carbocycles. The van der Waals surface area contributed by atoms with Gasteiger partial charge < -0.3 is 14.0 Å². The Bertz CT molecular complexity index is 1110. The van der Waals surface area contributed by atoms with Crippen LogP contribution in [0.4, 0.5) is 4.79 Å². The van der Waals surface area contributed by atoms with Gasteiger partial charge in [-0.1, -0.05) is 24.3 Å². The summed E-state index contributed by atoms with van der Waals surface area (Å²) in [6.45, 7) is 13.7. The second kappa shape index (κ2) is 7.21. The van der Waals surface area contributed by atoms with Crippen LogP contribution < -0.4 is 5.46 Å². The first-order chi connectivity index (χ1) is 14.4. The topological polar surface area (TPSA) is 62.6 Å². The van der Waals surface area contributed by atoms with E-state index in [2.05, 4.69) is 4.98 Å². The van der Waals surface area contributed by atoms with Gasteiger partial charge in [0.1, 0.15) is 5.60 Å². The van der Waals surface area contributed by atoms with E-state index in [-0.39, 0.29) is 0 Å². The van der Waals surface area contributed by atoms with Gasteiger partial charge in [0, 0.05) is 11.6 Å². The Hall–Kier alpha value is -2.64. The van der Waals surface area contributed by atoms with E-state index < -0.39 is 30.0 Å². The van der Waals surface area contributed by atoms with Crippen molar-refractivity contribution in [3.05, 3.63) is 48.8 Å². The van der Waals surface area contributed by atoms with Gasteiger partial charge >= 0.3 is 13.2 Å². The molecule has 7 heteroatoms. The van der Waals surface area contributed by atoms with Gasteiger partial charge in [-0.3, -0.25) is 4.98 Å². The molecule has 1 fully saturated rings. The third kappa shape index (κ3) is 4.00. The first-order valence-electron chi connectivity index (χ1n) is 10.5. The van der Waals surface area contributed by atoms with Gasteiger partial charge in [-0.25, -0.2) is 9.36 Å². The highest BCUT2D eigenvalue weighted by Crippen LogP contribution is 2.36. The maximum absolute atomic E-state index is 13.0. The molecule has 0 N–H and O–H groups in total. The zero-order valence-electron chi connectivity index (χ0n) is 19.2. The lowest BCUT2D eigenvalue weighted by atomic mass is 9.79. The van der Waals surface area contributed by atoms with Gasteiger partial charge in [0.05, 0.1) is 28.6 Å². The van der Waals surface area contributed by atoms with E-state index in [0.29, 0.717) is 5.52 Å². The SMILES string of the molecule is CC(C)(C)OC(=O)n1c(-c2ccc(B3OC(C)(C)C(C)(C)O3)cc2)cc2ccncc21. The van der Waals surface area contributed by atoms with Crippen molar-refractivity contribution in [1.29, 1.82) is 0 Å². The van der Waals surface area contributed by atoms with Gasteiger partial charge in [-0.15, -0.1) is 0 Å². The molecular formula is C24H29BN2O4. The molecule has 0 atom stereocenters. The molecule has 1 aromatic carbocycles. The van der Waals surface area contributed by atoms with Crippen molar-refractivity contribution >= 4 is 29.6 Å². The zero-order valence-corrected chi connectivity index (χ0v) is 19.2. The Morgan fingerprint density at radius 2 is 1.65 bits per heavy atom. The van der Waals surface area contributed by atoms with E-state index in [9.17, 15) is 4.79 Å². The van der Waals surface area contributed by atoms with Crippen molar-refractivity contribution in [3.8, 4) is 11.3 Å². The number of fused-ring (bicyclic) bond motifs is 1. The summed E-state index contributed by atoms with van der Waals surface area (Å²) in [5.74, 6) is 0. The number of carbonyl (C=O) groups is 1. The largest absolute Gasteiger partial charge is 0.494 e. The molecule has 0 radical (unpaired) electrons. The minimum absolute atomic E-state index is 0.396. The molecule has 6 nitrogen and oxygen atoms in total. The summed E-state index contributed by atoms with van der Waals surface area (Å²) >= 11 is 0. The minimum Gasteiger partial charge on any atom is -0.443 e. The summed E-state index contributed by atoms with van der Waals surface area (Å²) in [4.78, 5) is 17.2. The maximum Gasteiger partial charge on any atom is 0.494 e. The molecule has 31 heavy (non-hydrogen) atoms. The van der Waals surface area contributed by atoms with E-state index in [0.717, 1.165) is 22.1 Å². The van der Waals surface area contributed by atoms with Crippen LogP contribution in [-0.2, 0) is 14.0 Å². The number of benzene rings is 1. The predicted molar refractivity (Wildman–Crippen MR) is 123 cm³/mol. The summed E-state index contributed by atoms with van der Waals surface area (Å²) < 4.78 is 19.5. The van der Waals surface area contributed by atoms with Crippen LogP contribution in [0.2, 0.25) is 0 Å². The Labute approximate surface area is 183 Å². The van der Waals surface area contributed by atoms with Crippen LogP contribution in [-0.4, -0.2) is 39.6 Å². The Kier molecular flexibility index (Phi) is 5.02. The van der Waals surface area contributed by atoms with Crippen LogP contribution in [0.25, 0.3) is 22.2 Å². The monoisotopic (exact) mass is 420 g/mol. The van der Waals surface area contributed by atoms with E-state index in [1.807, 2.05) is 84.9 Å². The smallest absolute Gasteiger partial charge is 0.443 e. The molecule has 1 aliphatic heterocycles. The highest BCUT2D eigenvalue weighted by atomic mass is 16.7. The van der Waals surface area contributed by atoms with Crippen molar-refractivity contribution in [2.45, 2.75) is 65.3 Å². The summed E-state index contributed by atoms with van der Waals surface area (Å²) in [6.07, 6.45) is 2.97. The number of ether oxygens (including phenoxy) is 1. The van der Waals surface area contributed by atoms with Crippen LogP contribution in [0.1, 0.15) is 48.5 Å². The van der Waals surface area contributed by atoms with Crippen LogP contribution >= 0.6 is 0 Å². The summed E-state index contributed by atoms with van der Waals surface area (Å²) in [7, 11) is -0.431. The molecule has 0 bridgehead atoms. The van der Waals surface area contributed by atoms with Gasteiger partial charge in [0.15, 0.2) is 0 Å². The van der Waals surface area contributed by atoms with E-state index >= 15 is 0 Å². The predicted octanol–water partition coefficient (Wildman–Crippen LogP) is 4.79. The number of aromatic nitrogens is 2. The molecule has 3 aromatic rings. The van der Waals surface area contributed by atoms with Crippen molar-refractivity contribution < 1.29 is 18.8 Å². The van der Waals surface area contributed by atoms with E-state index in [4.69, 9.17) is 14.0 Å². The lowest BCUT2D eigenvalue weighted by Gasteiger charge is -2.32. The normalized spacial score (nSPS) is 17.8. The first-order valence-corrected chi connectivity index (χ1v) is 10.5. The highest BCUT2D eigenvalue weighted by Gasteiger charge is 2.51. The van der Waals surface area contributed by atoms with Crippen LogP contribution in [0, 0.1) is 0 Å². The van der Waals surface area contributed by atoms with Crippen LogP contribution in [0.3, 0.4) is 0 Å². The molecule has 1 saturated heterocycles. The molecular weight excluding hydrogens is 391 g/mol. The fourth-order valence-corrected chi connectivity index (χ4v) is 3.55. The van der Waals surface area contributed by atoms with E-state index in [1.165, 1.54) is 0 Å². The fraction of sp³-hybridized carbons (Fsp3) is 0.417. The third-order valence-electron chi connectivity index (χ3n) is 5.91. The summed E-state index contributed by atoms with van der Waals surface area (Å²) in [5, 5.41) is 0.922. The van der Waals surface area contributed by atoms with Crippen LogP contribution in [0.15, 0.2) is 48.8 Å². The van der Waals surface area contributed by atoms with Crippen LogP contribution in [0.5, 0.6) is 0 Å². The van der Waals surface area contributed by atoms with Crippen molar-refractivity contribution in [1.82, 2.24) is 9.55 Å². The third-order valence-corrected chi connectivity index (χ3v) is 5.91. The van der Waals surface area contributed by atoms with Crippen molar-refractivity contribution in [2.75, 3.05) is 0 Å².